The Morgan fingerprint density at radius 3 is 1.14 bits per heavy atom. The molecule has 13 heterocycles. The molecule has 0 spiro atoms. The van der Waals surface area contributed by atoms with Crippen LogP contribution in [0.3, 0.4) is 0 Å². The zero-order chi connectivity index (χ0) is 49.2. The van der Waals surface area contributed by atoms with Crippen molar-refractivity contribution in [2.24, 2.45) is 11.7 Å². The lowest BCUT2D eigenvalue weighted by molar-refractivity contribution is 0.0399. The normalized spacial score (nSPS) is 25.2. The molecule has 2 N–H and O–H groups in total. The molecule has 20 rings (SSSR count). The molecule has 11 aliphatic heterocycles. The number of benzene rings is 4. The van der Waals surface area contributed by atoms with Gasteiger partial charge in [0.25, 0.3) is 57.7 Å². The Hall–Kier alpha value is -8.02. The second kappa shape index (κ2) is 15.0. The van der Waals surface area contributed by atoms with Gasteiger partial charge in [-0.3, -0.25) is 81.4 Å². The van der Waals surface area contributed by atoms with Crippen molar-refractivity contribution in [3.05, 3.63) is 134 Å². The monoisotopic (exact) mass is 954 g/mol. The molecule has 0 unspecified atom stereocenters. The molecule has 4 aromatic carbocycles. The molecular formula is C53H42N6O12. The number of primary amides is 1. The number of hydrogen-bond acceptors (Lipinski definition) is 12. The van der Waals surface area contributed by atoms with Gasteiger partial charge in [0.05, 0.1) is 62.4 Å². The van der Waals surface area contributed by atoms with Crippen molar-refractivity contribution in [3.8, 4) is 0 Å². The van der Waals surface area contributed by atoms with Crippen molar-refractivity contribution in [1.29, 1.82) is 0 Å². The Morgan fingerprint density at radius 2 is 0.732 bits per heavy atom. The van der Waals surface area contributed by atoms with Gasteiger partial charge in [-0.1, -0.05) is 38.5 Å². The Kier molecular flexibility index (Phi) is 9.09. The van der Waals surface area contributed by atoms with Crippen LogP contribution in [0.4, 0.5) is 0 Å². The van der Waals surface area contributed by atoms with Crippen molar-refractivity contribution < 1.29 is 38.4 Å². The predicted molar refractivity (Wildman–Crippen MR) is 253 cm³/mol. The lowest BCUT2D eigenvalue weighted by Gasteiger charge is -2.42. The number of ketones is 1. The smallest absolute Gasteiger partial charge is 0.261 e. The number of Topliss-reactive ketones (excluding diaryl/α,β-unsaturated/α-hetero) is 1. The SMILES string of the molecule is NC(=O)c1cc2c3cc1C(=O)C[C@H]1CCCC[C@@H]1N1C(=O)c4ccc5c6c(ccc(c46)C1=O)C(=O)N(C5=O)[C@H]1CCCC[C@@H]1n1c(=O)c4cc5c(=O)n(c(=O)c5cc4c1=O)[C@H]1CCCC[C@@H]1N(C2=O)C3=O. The average Bonchev–Trinajstić information content (AvgIpc) is 3.87. The molecule has 2 aromatic heterocycles. The third-order valence-corrected chi connectivity index (χ3v) is 16.9. The van der Waals surface area contributed by atoms with Crippen LogP contribution >= 0.6 is 0 Å². The number of carbonyl (C=O) groups is 8. The summed E-state index contributed by atoms with van der Waals surface area (Å²) in [5.41, 5.74) is 2.09. The van der Waals surface area contributed by atoms with Gasteiger partial charge in [0, 0.05) is 51.1 Å². The van der Waals surface area contributed by atoms with Crippen LogP contribution < -0.4 is 28.0 Å². The van der Waals surface area contributed by atoms with Crippen LogP contribution in [0.15, 0.2) is 67.7 Å². The summed E-state index contributed by atoms with van der Waals surface area (Å²) in [6.45, 7) is 0. The summed E-state index contributed by atoms with van der Waals surface area (Å²) in [7, 11) is 0. The van der Waals surface area contributed by atoms with E-state index in [4.69, 9.17) is 5.73 Å². The minimum Gasteiger partial charge on any atom is -0.366 e. The lowest BCUT2D eigenvalue weighted by Crippen LogP contribution is -2.54. The van der Waals surface area contributed by atoms with Crippen molar-refractivity contribution in [1.82, 2.24) is 23.8 Å². The zero-order valence-electron chi connectivity index (χ0n) is 38.0. The van der Waals surface area contributed by atoms with Gasteiger partial charge < -0.3 is 5.73 Å². The number of rotatable bonds is 1. The van der Waals surface area contributed by atoms with E-state index < -0.39 is 105 Å². The highest BCUT2D eigenvalue weighted by molar-refractivity contribution is 6.33. The standard InChI is InChI=1S/C53H42N6O12/c54-43(61)28-19-30-29-18-27(28)40(60)17-22-7-1-2-8-35(22)55-44(62)23-13-15-25-42-26(16-14-24(41(23)42)45(55)63)47(65)56(46(25)64)36-9-3-4-10-37(36)58-50(68)31-20-33-34(21-32(31)51(58)69)53(71)59(52(33)70)39-12-6-5-11-38(39)57(48(29)66)49(30)67/h13-16,18-22,35-39H,1-12,17H2,(H2,54,61)/t22-,35+,36+,37+,38+,39+/m1/s1. The molecule has 3 aliphatic carbocycles. The number of carbonyl (C=O) groups excluding carboxylic acids is 8. The van der Waals surface area contributed by atoms with Crippen LogP contribution in [0.1, 0.15) is 178 Å². The Labute approximate surface area is 400 Å². The maximum Gasteiger partial charge on any atom is 0.261 e. The molecular weight excluding hydrogens is 913 g/mol. The number of nitrogens with two attached hydrogens (primary N) is 1. The molecule has 0 saturated heterocycles. The summed E-state index contributed by atoms with van der Waals surface area (Å²) in [6.07, 6.45) is 4.77. The van der Waals surface area contributed by atoms with E-state index in [9.17, 15) is 57.5 Å². The third kappa shape index (κ3) is 5.63. The van der Waals surface area contributed by atoms with E-state index in [0.717, 1.165) is 29.9 Å². The first-order chi connectivity index (χ1) is 34.2. The summed E-state index contributed by atoms with van der Waals surface area (Å²) in [5.74, 6) is -6.69. The van der Waals surface area contributed by atoms with Gasteiger partial charge in [0.15, 0.2) is 5.78 Å². The molecule has 6 aromatic rings. The van der Waals surface area contributed by atoms with Gasteiger partial charge >= 0.3 is 0 Å². The number of aromatic nitrogens is 2. The van der Waals surface area contributed by atoms with E-state index in [1.54, 1.807) is 0 Å². The maximum absolute atomic E-state index is 14.8. The van der Waals surface area contributed by atoms with E-state index in [1.165, 1.54) is 42.5 Å². The number of nitrogens with zero attached hydrogens (tertiary/aromatic N) is 5. The highest BCUT2D eigenvalue weighted by Crippen LogP contribution is 2.44. The fraction of sp³-hybridized carbons (Fsp3) is 0.358. The second-order valence-electron chi connectivity index (χ2n) is 20.3. The van der Waals surface area contributed by atoms with E-state index in [1.807, 2.05) is 0 Å². The van der Waals surface area contributed by atoms with Crippen LogP contribution in [0.25, 0.3) is 32.3 Å². The third-order valence-electron chi connectivity index (χ3n) is 16.9. The maximum atomic E-state index is 14.8. The Morgan fingerprint density at radius 1 is 0.394 bits per heavy atom. The summed E-state index contributed by atoms with van der Waals surface area (Å²) >= 11 is 0. The topological polar surface area (TPSA) is 250 Å². The van der Waals surface area contributed by atoms with Crippen molar-refractivity contribution in [2.75, 3.05) is 0 Å². The van der Waals surface area contributed by atoms with Gasteiger partial charge in [-0.25, -0.2) is 0 Å². The lowest BCUT2D eigenvalue weighted by atomic mass is 9.77. The molecule has 18 heteroatoms. The van der Waals surface area contributed by atoms with Crippen LogP contribution in [0.2, 0.25) is 0 Å². The van der Waals surface area contributed by atoms with Crippen molar-refractivity contribution in [3.63, 3.8) is 0 Å². The van der Waals surface area contributed by atoms with Gasteiger partial charge in [0.2, 0.25) is 5.91 Å². The molecule has 18 nitrogen and oxygen atoms in total. The number of hydrogen-bond donors (Lipinski definition) is 1. The summed E-state index contributed by atoms with van der Waals surface area (Å²) in [5, 5.41) is -0.321. The summed E-state index contributed by atoms with van der Waals surface area (Å²) in [4.78, 5) is 177. The summed E-state index contributed by atoms with van der Waals surface area (Å²) in [6, 6.07) is 5.66. The largest absolute Gasteiger partial charge is 0.366 e. The minimum atomic E-state index is -1.05. The fourth-order valence-electron chi connectivity index (χ4n) is 13.7. The van der Waals surface area contributed by atoms with Gasteiger partial charge in [0.1, 0.15) is 0 Å². The molecule has 71 heavy (non-hydrogen) atoms. The fourth-order valence-corrected chi connectivity index (χ4v) is 13.7. The Balaban J connectivity index is 1.02. The quantitative estimate of drug-likeness (QED) is 0.224. The molecule has 7 amide bonds. The number of amides is 7. The summed E-state index contributed by atoms with van der Waals surface area (Å²) < 4.78 is 2.01. The van der Waals surface area contributed by atoms with Crippen LogP contribution in [-0.2, 0) is 0 Å². The predicted octanol–water partition coefficient (Wildman–Crippen LogP) is 4.47. The van der Waals surface area contributed by atoms with Crippen LogP contribution in [0, 0.1) is 5.92 Å². The molecule has 3 fully saturated rings. The van der Waals surface area contributed by atoms with Gasteiger partial charge in [-0.2, -0.15) is 0 Å². The molecule has 6 atom stereocenters. The van der Waals surface area contributed by atoms with Crippen LogP contribution in [-0.4, -0.2) is 89.1 Å². The van der Waals surface area contributed by atoms with Gasteiger partial charge in [-0.05, 0) is 93.0 Å². The first-order valence-corrected chi connectivity index (χ1v) is 24.4. The first kappa shape index (κ1) is 43.0. The highest BCUT2D eigenvalue weighted by Gasteiger charge is 2.49. The highest BCUT2D eigenvalue weighted by atomic mass is 16.2. The van der Waals surface area contributed by atoms with Crippen LogP contribution in [0.5, 0.6) is 0 Å². The second-order valence-corrected chi connectivity index (χ2v) is 20.3. The molecule has 3 saturated carbocycles. The van der Waals surface area contributed by atoms with Crippen molar-refractivity contribution in [2.45, 2.75) is 114 Å². The zero-order valence-corrected chi connectivity index (χ0v) is 38.0. The van der Waals surface area contributed by atoms with Gasteiger partial charge in [-0.15, -0.1) is 0 Å². The van der Waals surface area contributed by atoms with Crippen molar-refractivity contribution >= 4 is 79.5 Å². The molecule has 356 valence electrons. The minimum absolute atomic E-state index is 0.0522. The first-order valence-electron chi connectivity index (χ1n) is 24.4. The molecule has 17 bridgehead atoms. The molecule has 0 radical (unpaired) electrons. The Bertz CT molecular complexity index is 3690. The van der Waals surface area contributed by atoms with E-state index in [0.29, 0.717) is 51.4 Å². The van der Waals surface area contributed by atoms with E-state index in [2.05, 4.69) is 0 Å². The number of imide groups is 3. The average molecular weight is 955 g/mol. The van der Waals surface area contributed by atoms with E-state index >= 15 is 0 Å². The molecule has 14 aliphatic rings. The van der Waals surface area contributed by atoms with E-state index in [-0.39, 0.29) is 109 Å².